The van der Waals surface area contributed by atoms with Crippen molar-refractivity contribution in [2.75, 3.05) is 26.7 Å². The molecular weight excluding hydrogens is 266 g/mol. The molecule has 0 radical (unpaired) electrons. The number of likely N-dealkylation sites (N-methyl/N-ethyl adjacent to an activating group) is 1. The van der Waals surface area contributed by atoms with Crippen LogP contribution in [-0.4, -0.2) is 54.5 Å². The molecule has 0 spiro atoms. The molecule has 2 rings (SSSR count). The van der Waals surface area contributed by atoms with Crippen LogP contribution in [0.5, 0.6) is 5.75 Å². The molecule has 1 amide bonds. The number of piperazine rings is 1. The highest BCUT2D eigenvalue weighted by Gasteiger charge is 2.29. The van der Waals surface area contributed by atoms with Crippen LogP contribution in [0.2, 0.25) is 0 Å². The van der Waals surface area contributed by atoms with E-state index in [9.17, 15) is 4.79 Å². The van der Waals surface area contributed by atoms with Gasteiger partial charge in [-0.1, -0.05) is 12.1 Å². The van der Waals surface area contributed by atoms with Crippen molar-refractivity contribution in [1.29, 1.82) is 0 Å². The van der Waals surface area contributed by atoms with Gasteiger partial charge in [0, 0.05) is 31.7 Å². The minimum absolute atomic E-state index is 0.0460. The summed E-state index contributed by atoms with van der Waals surface area (Å²) >= 11 is 0. The lowest BCUT2D eigenvalue weighted by atomic mass is 10.1. The van der Waals surface area contributed by atoms with Crippen molar-refractivity contribution in [1.82, 2.24) is 9.80 Å². The smallest absolute Gasteiger partial charge is 0.260 e. The molecule has 1 aromatic rings. The Morgan fingerprint density at radius 3 is 2.33 bits per heavy atom. The Labute approximate surface area is 126 Å². The number of nitrogens with two attached hydrogens (primary N) is 1. The lowest BCUT2D eigenvalue weighted by Crippen LogP contribution is -2.57. The molecule has 1 aliphatic rings. The first-order valence-electron chi connectivity index (χ1n) is 7.42. The third kappa shape index (κ3) is 3.95. The average molecular weight is 291 g/mol. The van der Waals surface area contributed by atoms with Gasteiger partial charge in [-0.15, -0.1) is 0 Å². The minimum atomic E-state index is 0.0460. The second-order valence-corrected chi connectivity index (χ2v) is 5.80. The maximum absolute atomic E-state index is 12.3. The van der Waals surface area contributed by atoms with E-state index in [2.05, 4.69) is 25.8 Å². The van der Waals surface area contributed by atoms with Crippen LogP contribution in [0.3, 0.4) is 0 Å². The molecule has 2 atom stereocenters. The van der Waals surface area contributed by atoms with Crippen LogP contribution in [0.15, 0.2) is 24.3 Å². The number of benzene rings is 1. The zero-order valence-electron chi connectivity index (χ0n) is 13.1. The van der Waals surface area contributed by atoms with Crippen molar-refractivity contribution in [2.24, 2.45) is 5.73 Å². The maximum Gasteiger partial charge on any atom is 0.260 e. The third-order valence-electron chi connectivity index (χ3n) is 4.23. The van der Waals surface area contributed by atoms with Gasteiger partial charge in [0.15, 0.2) is 6.61 Å². The number of rotatable bonds is 4. The van der Waals surface area contributed by atoms with Crippen LogP contribution in [-0.2, 0) is 11.3 Å². The number of carbonyl (C=O) groups is 1. The third-order valence-corrected chi connectivity index (χ3v) is 4.23. The first-order valence-corrected chi connectivity index (χ1v) is 7.42. The summed E-state index contributed by atoms with van der Waals surface area (Å²) in [7, 11) is 2.10. The Morgan fingerprint density at radius 2 is 1.81 bits per heavy atom. The predicted octanol–water partition coefficient (Wildman–Crippen LogP) is 1.08. The van der Waals surface area contributed by atoms with Gasteiger partial charge >= 0.3 is 0 Å². The van der Waals surface area contributed by atoms with E-state index in [4.69, 9.17) is 10.5 Å². The Balaban J connectivity index is 1.86. The fourth-order valence-electron chi connectivity index (χ4n) is 2.57. The van der Waals surface area contributed by atoms with Crippen LogP contribution < -0.4 is 10.5 Å². The molecule has 1 heterocycles. The average Bonchev–Trinajstić information content (AvgIpc) is 2.50. The Kier molecular flexibility index (Phi) is 5.20. The second-order valence-electron chi connectivity index (χ2n) is 5.80. The monoisotopic (exact) mass is 291 g/mol. The number of hydrogen-bond acceptors (Lipinski definition) is 4. The van der Waals surface area contributed by atoms with Gasteiger partial charge in [-0.3, -0.25) is 9.69 Å². The van der Waals surface area contributed by atoms with E-state index in [1.807, 2.05) is 29.2 Å². The van der Waals surface area contributed by atoms with Crippen molar-refractivity contribution in [3.8, 4) is 5.75 Å². The van der Waals surface area contributed by atoms with Crippen LogP contribution in [0, 0.1) is 0 Å². The van der Waals surface area contributed by atoms with Crippen LogP contribution >= 0.6 is 0 Å². The topological polar surface area (TPSA) is 58.8 Å². The minimum Gasteiger partial charge on any atom is -0.484 e. The van der Waals surface area contributed by atoms with E-state index in [0.717, 1.165) is 18.7 Å². The highest BCUT2D eigenvalue weighted by atomic mass is 16.5. The Hall–Kier alpha value is -1.59. The SMILES string of the molecule is CC1CN(C(=O)COc2ccc(CN)cc2)CC(C)N1C. The maximum atomic E-state index is 12.3. The zero-order chi connectivity index (χ0) is 15.4. The molecule has 5 heteroatoms. The molecule has 2 unspecified atom stereocenters. The first kappa shape index (κ1) is 15.8. The second kappa shape index (κ2) is 6.91. The number of ether oxygens (including phenoxy) is 1. The molecular formula is C16H25N3O2. The molecule has 5 nitrogen and oxygen atoms in total. The molecule has 0 bridgehead atoms. The van der Waals surface area contributed by atoms with Gasteiger partial charge in [-0.25, -0.2) is 0 Å². The van der Waals surface area contributed by atoms with Gasteiger partial charge in [-0.2, -0.15) is 0 Å². The number of hydrogen-bond donors (Lipinski definition) is 1. The van der Waals surface area contributed by atoms with E-state index in [1.165, 1.54) is 0 Å². The molecule has 116 valence electrons. The summed E-state index contributed by atoms with van der Waals surface area (Å²) in [5.41, 5.74) is 6.60. The van der Waals surface area contributed by atoms with Crippen LogP contribution in [0.4, 0.5) is 0 Å². The summed E-state index contributed by atoms with van der Waals surface area (Å²) in [5, 5.41) is 0. The van der Waals surface area contributed by atoms with Crippen molar-refractivity contribution in [3.05, 3.63) is 29.8 Å². The quantitative estimate of drug-likeness (QED) is 0.901. The highest BCUT2D eigenvalue weighted by Crippen LogP contribution is 2.15. The number of nitrogens with zero attached hydrogens (tertiary/aromatic N) is 2. The molecule has 0 aliphatic carbocycles. The van der Waals surface area contributed by atoms with Crippen LogP contribution in [0.1, 0.15) is 19.4 Å². The fourth-order valence-corrected chi connectivity index (χ4v) is 2.57. The summed E-state index contributed by atoms with van der Waals surface area (Å²) in [6, 6.07) is 8.29. The molecule has 2 N–H and O–H groups in total. The summed E-state index contributed by atoms with van der Waals surface area (Å²) in [4.78, 5) is 16.4. The van der Waals surface area contributed by atoms with E-state index >= 15 is 0 Å². The molecule has 1 aliphatic heterocycles. The van der Waals surface area contributed by atoms with Gasteiger partial charge in [0.25, 0.3) is 5.91 Å². The normalized spacial score (nSPS) is 23.1. The number of amides is 1. The zero-order valence-corrected chi connectivity index (χ0v) is 13.1. The van der Waals surface area contributed by atoms with Gasteiger partial charge in [0.1, 0.15) is 5.75 Å². The van der Waals surface area contributed by atoms with Gasteiger partial charge in [0.2, 0.25) is 0 Å². The standard InChI is InChI=1S/C16H25N3O2/c1-12-9-19(10-13(2)18(12)3)16(20)11-21-15-6-4-14(8-17)5-7-15/h4-7,12-13H,8-11,17H2,1-3H3. The molecule has 1 aromatic carbocycles. The molecule has 1 fully saturated rings. The van der Waals surface area contributed by atoms with Gasteiger partial charge in [-0.05, 0) is 38.6 Å². The summed E-state index contributed by atoms with van der Waals surface area (Å²) in [5.74, 6) is 0.750. The van der Waals surface area contributed by atoms with Crippen molar-refractivity contribution in [3.63, 3.8) is 0 Å². The van der Waals surface area contributed by atoms with Gasteiger partial charge in [0.05, 0.1) is 0 Å². The van der Waals surface area contributed by atoms with E-state index in [-0.39, 0.29) is 12.5 Å². The molecule has 21 heavy (non-hydrogen) atoms. The van der Waals surface area contributed by atoms with Crippen molar-refractivity contribution in [2.45, 2.75) is 32.5 Å². The van der Waals surface area contributed by atoms with Gasteiger partial charge < -0.3 is 15.4 Å². The summed E-state index contributed by atoms with van der Waals surface area (Å²) in [6.07, 6.45) is 0. The summed E-state index contributed by atoms with van der Waals surface area (Å²) < 4.78 is 5.57. The van der Waals surface area contributed by atoms with Crippen molar-refractivity contribution >= 4 is 5.91 Å². The number of carbonyl (C=O) groups excluding carboxylic acids is 1. The highest BCUT2D eigenvalue weighted by molar-refractivity contribution is 5.78. The lowest BCUT2D eigenvalue weighted by molar-refractivity contribution is -0.137. The molecule has 0 aromatic heterocycles. The summed E-state index contributed by atoms with van der Waals surface area (Å²) in [6.45, 7) is 6.40. The van der Waals surface area contributed by atoms with E-state index < -0.39 is 0 Å². The Morgan fingerprint density at radius 1 is 1.24 bits per heavy atom. The Bertz CT molecular complexity index is 463. The largest absolute Gasteiger partial charge is 0.484 e. The van der Waals surface area contributed by atoms with E-state index in [0.29, 0.717) is 24.4 Å². The molecule has 1 saturated heterocycles. The predicted molar refractivity (Wildman–Crippen MR) is 83.1 cm³/mol. The fraction of sp³-hybridized carbons (Fsp3) is 0.562. The first-order chi connectivity index (χ1) is 10.0. The van der Waals surface area contributed by atoms with E-state index in [1.54, 1.807) is 0 Å². The lowest BCUT2D eigenvalue weighted by Gasteiger charge is -2.42. The molecule has 0 saturated carbocycles. The van der Waals surface area contributed by atoms with Crippen molar-refractivity contribution < 1.29 is 9.53 Å². The van der Waals surface area contributed by atoms with Crippen LogP contribution in [0.25, 0.3) is 0 Å².